The lowest BCUT2D eigenvalue weighted by atomic mass is 10.1. The van der Waals surface area contributed by atoms with Crippen LogP contribution in [-0.4, -0.2) is 36.9 Å². The van der Waals surface area contributed by atoms with E-state index in [0.29, 0.717) is 11.6 Å². The fourth-order valence-electron chi connectivity index (χ4n) is 3.18. The molecule has 0 saturated carbocycles. The Balaban J connectivity index is 1.69. The quantitative estimate of drug-likeness (QED) is 0.368. The van der Waals surface area contributed by atoms with Gasteiger partial charge in [-0.15, -0.1) is 0 Å². The van der Waals surface area contributed by atoms with Crippen LogP contribution in [0.1, 0.15) is 33.6 Å². The molecule has 1 aromatic heterocycles. The average molecular weight is 430 g/mol. The Morgan fingerprint density at radius 2 is 1.80 bits per heavy atom. The SMILES string of the molecule is COc1ccc2nc3cc(Cl)ccc3c(NCCCCNC(=O)OC(C)(C)C)c2c1. The number of halogens is 1. The zero-order chi connectivity index (χ0) is 21.7. The van der Waals surface area contributed by atoms with Crippen LogP contribution in [0.5, 0.6) is 5.75 Å². The van der Waals surface area contributed by atoms with Gasteiger partial charge in [0.25, 0.3) is 0 Å². The predicted molar refractivity (Wildman–Crippen MR) is 123 cm³/mol. The number of nitrogens with zero attached hydrogens (tertiary/aromatic N) is 1. The molecule has 0 aliphatic carbocycles. The highest BCUT2D eigenvalue weighted by Crippen LogP contribution is 2.34. The van der Waals surface area contributed by atoms with Crippen LogP contribution in [-0.2, 0) is 4.74 Å². The van der Waals surface area contributed by atoms with E-state index in [2.05, 4.69) is 10.6 Å². The number of benzene rings is 2. The molecule has 7 heteroatoms. The first-order chi connectivity index (χ1) is 14.3. The number of methoxy groups -OCH3 is 1. The van der Waals surface area contributed by atoms with Gasteiger partial charge in [0.1, 0.15) is 11.4 Å². The number of alkyl carbamates (subject to hydrolysis) is 1. The second kappa shape index (κ2) is 9.39. The number of aromatic nitrogens is 1. The summed E-state index contributed by atoms with van der Waals surface area (Å²) in [5.74, 6) is 0.780. The second-order valence-electron chi connectivity index (χ2n) is 8.09. The predicted octanol–water partition coefficient (Wildman–Crippen LogP) is 5.77. The van der Waals surface area contributed by atoms with Crippen molar-refractivity contribution in [2.45, 2.75) is 39.2 Å². The van der Waals surface area contributed by atoms with Gasteiger partial charge in [0, 0.05) is 28.9 Å². The molecule has 3 aromatic rings. The summed E-state index contributed by atoms with van der Waals surface area (Å²) < 4.78 is 10.6. The van der Waals surface area contributed by atoms with Gasteiger partial charge in [-0.05, 0) is 70.0 Å². The number of rotatable bonds is 7. The molecule has 0 unspecified atom stereocenters. The fraction of sp³-hybridized carbons (Fsp3) is 0.391. The number of fused-ring (bicyclic) bond motifs is 2. The number of pyridine rings is 1. The molecule has 1 heterocycles. The van der Waals surface area contributed by atoms with Gasteiger partial charge in [-0.3, -0.25) is 0 Å². The molecule has 160 valence electrons. The van der Waals surface area contributed by atoms with Crippen molar-refractivity contribution in [3.05, 3.63) is 41.4 Å². The molecule has 0 saturated heterocycles. The Morgan fingerprint density at radius 3 is 2.53 bits per heavy atom. The van der Waals surface area contributed by atoms with Crippen molar-refractivity contribution >= 4 is 45.2 Å². The molecule has 0 radical (unpaired) electrons. The zero-order valence-corrected chi connectivity index (χ0v) is 18.6. The minimum Gasteiger partial charge on any atom is -0.497 e. The van der Waals surface area contributed by atoms with Crippen LogP contribution in [0, 0.1) is 0 Å². The van der Waals surface area contributed by atoms with Crippen LogP contribution in [0.25, 0.3) is 21.8 Å². The third kappa shape index (κ3) is 5.66. The first-order valence-electron chi connectivity index (χ1n) is 10.0. The van der Waals surface area contributed by atoms with Gasteiger partial charge in [0.2, 0.25) is 0 Å². The first-order valence-corrected chi connectivity index (χ1v) is 10.4. The summed E-state index contributed by atoms with van der Waals surface area (Å²) in [5, 5.41) is 8.99. The number of unbranched alkanes of at least 4 members (excludes halogenated alkanes) is 1. The van der Waals surface area contributed by atoms with Gasteiger partial charge in [-0.2, -0.15) is 0 Å². The highest BCUT2D eigenvalue weighted by Gasteiger charge is 2.15. The number of carbonyl (C=O) groups is 1. The molecule has 0 aliphatic heterocycles. The maximum atomic E-state index is 11.7. The maximum absolute atomic E-state index is 11.7. The number of hydrogen-bond donors (Lipinski definition) is 2. The fourth-order valence-corrected chi connectivity index (χ4v) is 3.35. The molecule has 0 fully saturated rings. The molecule has 0 aliphatic rings. The molecular weight excluding hydrogens is 402 g/mol. The molecule has 0 atom stereocenters. The van der Waals surface area contributed by atoms with Crippen molar-refractivity contribution in [1.29, 1.82) is 0 Å². The highest BCUT2D eigenvalue weighted by atomic mass is 35.5. The summed E-state index contributed by atoms with van der Waals surface area (Å²) in [6.07, 6.45) is 1.34. The number of hydrogen-bond acceptors (Lipinski definition) is 5. The lowest BCUT2D eigenvalue weighted by molar-refractivity contribution is 0.0527. The van der Waals surface area contributed by atoms with Crippen LogP contribution in [0.4, 0.5) is 10.5 Å². The zero-order valence-electron chi connectivity index (χ0n) is 17.8. The van der Waals surface area contributed by atoms with E-state index in [0.717, 1.165) is 52.6 Å². The molecule has 1 amide bonds. The number of nitrogens with one attached hydrogen (secondary N) is 2. The van der Waals surface area contributed by atoms with Crippen molar-refractivity contribution in [3.63, 3.8) is 0 Å². The Morgan fingerprint density at radius 1 is 1.03 bits per heavy atom. The molecule has 30 heavy (non-hydrogen) atoms. The van der Waals surface area contributed by atoms with E-state index >= 15 is 0 Å². The summed E-state index contributed by atoms with van der Waals surface area (Å²) in [6.45, 7) is 6.87. The van der Waals surface area contributed by atoms with Gasteiger partial charge < -0.3 is 20.1 Å². The Kier molecular flexibility index (Phi) is 6.87. The number of carbonyl (C=O) groups excluding carboxylic acids is 1. The van der Waals surface area contributed by atoms with Gasteiger partial charge in [0.15, 0.2) is 0 Å². The topological polar surface area (TPSA) is 72.5 Å². The van der Waals surface area contributed by atoms with Crippen molar-refractivity contribution in [3.8, 4) is 5.75 Å². The van der Waals surface area contributed by atoms with Crippen LogP contribution >= 0.6 is 11.6 Å². The first kappa shape index (κ1) is 22.0. The average Bonchev–Trinajstić information content (AvgIpc) is 2.67. The lowest BCUT2D eigenvalue weighted by Crippen LogP contribution is -2.33. The maximum Gasteiger partial charge on any atom is 0.407 e. The molecule has 2 aromatic carbocycles. The molecule has 2 N–H and O–H groups in total. The van der Waals surface area contributed by atoms with E-state index in [1.807, 2.05) is 57.2 Å². The summed E-state index contributed by atoms with van der Waals surface area (Å²) >= 11 is 6.17. The number of amides is 1. The third-order valence-electron chi connectivity index (χ3n) is 4.52. The summed E-state index contributed by atoms with van der Waals surface area (Å²) in [6, 6.07) is 11.6. The van der Waals surface area contributed by atoms with E-state index < -0.39 is 5.60 Å². The summed E-state index contributed by atoms with van der Waals surface area (Å²) in [4.78, 5) is 16.5. The third-order valence-corrected chi connectivity index (χ3v) is 4.75. The van der Waals surface area contributed by atoms with Gasteiger partial charge >= 0.3 is 6.09 Å². The van der Waals surface area contributed by atoms with E-state index in [1.54, 1.807) is 7.11 Å². The Labute approximate surface area is 181 Å². The number of anilines is 1. The molecule has 6 nitrogen and oxygen atoms in total. The van der Waals surface area contributed by atoms with Crippen molar-refractivity contribution < 1.29 is 14.3 Å². The minimum absolute atomic E-state index is 0.384. The van der Waals surface area contributed by atoms with Crippen LogP contribution in [0.2, 0.25) is 5.02 Å². The van der Waals surface area contributed by atoms with Crippen LogP contribution in [0.3, 0.4) is 0 Å². The van der Waals surface area contributed by atoms with E-state index in [-0.39, 0.29) is 6.09 Å². The molecular formula is C23H28ClN3O3. The normalized spacial score (nSPS) is 11.5. The van der Waals surface area contributed by atoms with Crippen LogP contribution in [0.15, 0.2) is 36.4 Å². The van der Waals surface area contributed by atoms with Crippen molar-refractivity contribution in [2.75, 3.05) is 25.5 Å². The summed E-state index contributed by atoms with van der Waals surface area (Å²) in [7, 11) is 1.65. The smallest absolute Gasteiger partial charge is 0.407 e. The van der Waals surface area contributed by atoms with Gasteiger partial charge in [-0.1, -0.05) is 11.6 Å². The summed E-state index contributed by atoms with van der Waals surface area (Å²) in [5.41, 5.74) is 2.23. The van der Waals surface area contributed by atoms with Crippen molar-refractivity contribution in [2.24, 2.45) is 0 Å². The monoisotopic (exact) mass is 429 g/mol. The van der Waals surface area contributed by atoms with E-state index in [9.17, 15) is 4.79 Å². The van der Waals surface area contributed by atoms with E-state index in [4.69, 9.17) is 26.1 Å². The van der Waals surface area contributed by atoms with E-state index in [1.165, 1.54) is 0 Å². The lowest BCUT2D eigenvalue weighted by Gasteiger charge is -2.19. The molecule has 3 rings (SSSR count). The molecule has 0 bridgehead atoms. The highest BCUT2D eigenvalue weighted by molar-refractivity contribution is 6.31. The van der Waals surface area contributed by atoms with Gasteiger partial charge in [0.05, 0.1) is 23.8 Å². The second-order valence-corrected chi connectivity index (χ2v) is 8.53. The minimum atomic E-state index is -0.487. The Hall–Kier alpha value is -2.73. The van der Waals surface area contributed by atoms with Crippen LogP contribution < -0.4 is 15.4 Å². The van der Waals surface area contributed by atoms with Crippen molar-refractivity contribution in [1.82, 2.24) is 10.3 Å². The molecule has 0 spiro atoms. The standard InChI is InChI=1S/C23H28ClN3O3/c1-23(2,3)30-22(28)26-12-6-5-11-25-21-17-9-7-15(24)13-20(17)27-19-10-8-16(29-4)14-18(19)21/h7-10,13-14H,5-6,11-12H2,1-4H3,(H,25,27)(H,26,28). The largest absolute Gasteiger partial charge is 0.497 e. The Bertz CT molecular complexity index is 1050. The van der Waals surface area contributed by atoms with Gasteiger partial charge in [-0.25, -0.2) is 9.78 Å². The number of ether oxygens (including phenoxy) is 2.